The Morgan fingerprint density at radius 2 is 1.88 bits per heavy atom. The van der Waals surface area contributed by atoms with Crippen molar-refractivity contribution in [3.05, 3.63) is 60.2 Å². The van der Waals surface area contributed by atoms with Gasteiger partial charge in [-0.25, -0.2) is 4.57 Å². The molecule has 1 unspecified atom stereocenters. The minimum absolute atomic E-state index is 0.0844. The number of nitrogens with zero attached hydrogens (tertiary/aromatic N) is 1. The van der Waals surface area contributed by atoms with Crippen molar-refractivity contribution in [1.82, 2.24) is 4.57 Å². The van der Waals surface area contributed by atoms with Crippen LogP contribution in [0.4, 0.5) is 5.69 Å². The van der Waals surface area contributed by atoms with Crippen LogP contribution in [0.15, 0.2) is 54.6 Å². The lowest BCUT2D eigenvalue weighted by molar-refractivity contribution is -0.123. The van der Waals surface area contributed by atoms with Crippen LogP contribution in [0.5, 0.6) is 23.3 Å². The third-order valence-electron chi connectivity index (χ3n) is 4.79. The average Bonchev–Trinajstić information content (AvgIpc) is 3.11. The van der Waals surface area contributed by atoms with Crippen LogP contribution in [-0.2, 0) is 4.79 Å². The van der Waals surface area contributed by atoms with Crippen LogP contribution in [0.3, 0.4) is 0 Å². The van der Waals surface area contributed by atoms with Gasteiger partial charge in [0.2, 0.25) is 0 Å². The van der Waals surface area contributed by atoms with E-state index in [4.69, 9.17) is 20.6 Å². The molecule has 0 radical (unpaired) electrons. The summed E-state index contributed by atoms with van der Waals surface area (Å²) >= 11 is 0. The molecular weight excluding hydrogens is 412 g/mol. The fraction of sp³-hybridized carbons (Fsp3) is 0.217. The van der Waals surface area contributed by atoms with Gasteiger partial charge in [-0.15, -0.1) is 0 Å². The van der Waals surface area contributed by atoms with E-state index in [1.54, 1.807) is 42.5 Å². The minimum atomic E-state index is -0.759. The van der Waals surface area contributed by atoms with Crippen LogP contribution in [0.1, 0.15) is 25.3 Å². The highest BCUT2D eigenvalue weighted by molar-refractivity contribution is 5.96. The molecule has 0 bridgehead atoms. The molecule has 6 N–H and O–H groups in total. The molecule has 3 rings (SSSR count). The second-order valence-electron chi connectivity index (χ2n) is 7.10. The molecule has 0 saturated heterocycles. The zero-order valence-electron chi connectivity index (χ0n) is 17.8. The molecule has 2 aromatic carbocycles. The number of nitrogens with one attached hydrogen (secondary N) is 2. The zero-order chi connectivity index (χ0) is 23.3. The summed E-state index contributed by atoms with van der Waals surface area (Å²) in [5, 5.41) is 30.3. The molecule has 1 heterocycles. The maximum Gasteiger partial charge on any atom is 0.265 e. The summed E-state index contributed by atoms with van der Waals surface area (Å²) in [5.74, 6) is 0.0495. The number of ether oxygens (including phenoxy) is 2. The largest absolute Gasteiger partial charge is 0.494 e. The maximum absolute atomic E-state index is 12.9. The van der Waals surface area contributed by atoms with Crippen molar-refractivity contribution in [3.8, 4) is 28.9 Å². The first kappa shape index (κ1) is 22.5. The third kappa shape index (κ3) is 4.94. The molecule has 0 spiro atoms. The lowest BCUT2D eigenvalue weighted by atomic mass is 10.1. The minimum Gasteiger partial charge on any atom is -0.494 e. The van der Waals surface area contributed by atoms with Crippen LogP contribution in [0.25, 0.3) is 5.69 Å². The summed E-state index contributed by atoms with van der Waals surface area (Å²) in [6, 6.07) is 14.3. The van der Waals surface area contributed by atoms with Gasteiger partial charge in [-0.2, -0.15) is 0 Å². The van der Waals surface area contributed by atoms with Gasteiger partial charge in [-0.05, 0) is 30.7 Å². The Morgan fingerprint density at radius 1 is 1.16 bits per heavy atom. The van der Waals surface area contributed by atoms with E-state index in [-0.39, 0.29) is 23.5 Å². The Morgan fingerprint density at radius 3 is 2.50 bits per heavy atom. The highest BCUT2D eigenvalue weighted by atomic mass is 16.5. The van der Waals surface area contributed by atoms with E-state index in [9.17, 15) is 15.0 Å². The SMILES string of the molecule is CCCC(Oc1cccc(C(=N)N)c1)C(=O)Nc1ccc(-n2c(O)ccc2O)c(OC)c1. The number of benzene rings is 2. The zero-order valence-corrected chi connectivity index (χ0v) is 17.8. The number of amides is 1. The second kappa shape index (κ2) is 9.78. The molecule has 168 valence electrons. The lowest BCUT2D eigenvalue weighted by Gasteiger charge is -2.19. The maximum atomic E-state index is 12.9. The Balaban J connectivity index is 1.80. The van der Waals surface area contributed by atoms with Gasteiger partial charge in [0.25, 0.3) is 5.91 Å². The van der Waals surface area contributed by atoms with Crippen molar-refractivity contribution < 1.29 is 24.5 Å². The summed E-state index contributed by atoms with van der Waals surface area (Å²) in [6.45, 7) is 1.95. The van der Waals surface area contributed by atoms with Crippen molar-refractivity contribution in [2.24, 2.45) is 5.73 Å². The number of nitrogens with two attached hydrogens (primary N) is 1. The van der Waals surface area contributed by atoms with E-state index < -0.39 is 6.10 Å². The first-order valence-corrected chi connectivity index (χ1v) is 10.0. The van der Waals surface area contributed by atoms with Crippen LogP contribution >= 0.6 is 0 Å². The third-order valence-corrected chi connectivity index (χ3v) is 4.79. The number of carbonyl (C=O) groups is 1. The van der Waals surface area contributed by atoms with Crippen molar-refractivity contribution in [2.75, 3.05) is 12.4 Å². The Kier molecular flexibility index (Phi) is 6.89. The predicted octanol–water partition coefficient (Wildman–Crippen LogP) is 3.37. The summed E-state index contributed by atoms with van der Waals surface area (Å²) in [6.07, 6.45) is 0.445. The molecule has 0 fully saturated rings. The molecule has 1 atom stereocenters. The van der Waals surface area contributed by atoms with Crippen molar-refractivity contribution >= 4 is 17.4 Å². The van der Waals surface area contributed by atoms with Gasteiger partial charge < -0.3 is 30.7 Å². The van der Waals surface area contributed by atoms with E-state index in [0.29, 0.717) is 34.9 Å². The number of aromatic nitrogens is 1. The fourth-order valence-corrected chi connectivity index (χ4v) is 3.23. The summed E-state index contributed by atoms with van der Waals surface area (Å²) < 4.78 is 12.5. The Labute approximate surface area is 185 Å². The summed E-state index contributed by atoms with van der Waals surface area (Å²) in [4.78, 5) is 12.9. The normalized spacial score (nSPS) is 11.6. The quantitative estimate of drug-likeness (QED) is 0.256. The first-order chi connectivity index (χ1) is 15.3. The molecule has 0 aliphatic carbocycles. The van der Waals surface area contributed by atoms with Gasteiger partial charge in [-0.3, -0.25) is 10.2 Å². The van der Waals surface area contributed by atoms with E-state index >= 15 is 0 Å². The number of methoxy groups -OCH3 is 1. The van der Waals surface area contributed by atoms with Crippen molar-refractivity contribution in [2.45, 2.75) is 25.9 Å². The molecule has 0 aliphatic heterocycles. The molecule has 9 nitrogen and oxygen atoms in total. The predicted molar refractivity (Wildman–Crippen MR) is 121 cm³/mol. The van der Waals surface area contributed by atoms with Gasteiger partial charge in [0.05, 0.1) is 12.8 Å². The van der Waals surface area contributed by atoms with Gasteiger partial charge in [0.1, 0.15) is 17.3 Å². The van der Waals surface area contributed by atoms with E-state index in [1.165, 1.54) is 23.8 Å². The number of hydrogen-bond donors (Lipinski definition) is 5. The van der Waals surface area contributed by atoms with Crippen LogP contribution in [0, 0.1) is 5.41 Å². The van der Waals surface area contributed by atoms with Gasteiger partial charge in [0, 0.05) is 29.4 Å². The molecular formula is C23H26N4O5. The van der Waals surface area contributed by atoms with E-state index in [0.717, 1.165) is 6.42 Å². The Bertz CT molecular complexity index is 1110. The monoisotopic (exact) mass is 438 g/mol. The molecule has 0 saturated carbocycles. The van der Waals surface area contributed by atoms with Gasteiger partial charge >= 0.3 is 0 Å². The summed E-state index contributed by atoms with van der Waals surface area (Å²) in [5.41, 5.74) is 6.91. The van der Waals surface area contributed by atoms with Gasteiger partial charge in [0.15, 0.2) is 17.9 Å². The lowest BCUT2D eigenvalue weighted by Crippen LogP contribution is -2.33. The topological polar surface area (TPSA) is 143 Å². The smallest absolute Gasteiger partial charge is 0.265 e. The standard InChI is InChI=1S/C23H26N4O5/c1-3-5-18(32-16-7-4-6-14(12-16)22(24)25)23(30)26-15-8-9-17(19(13-15)31-2)27-20(28)10-11-21(27)29/h4,6-13,18,28-29H,3,5H2,1-2H3,(H3,24,25)(H,26,30). The number of anilines is 1. The number of rotatable bonds is 9. The number of nitrogen functional groups attached to an aromatic ring is 1. The molecule has 9 heteroatoms. The molecule has 0 aliphatic rings. The molecule has 32 heavy (non-hydrogen) atoms. The van der Waals surface area contributed by atoms with Crippen molar-refractivity contribution in [1.29, 1.82) is 5.41 Å². The van der Waals surface area contributed by atoms with Crippen LogP contribution in [0.2, 0.25) is 0 Å². The highest BCUT2D eigenvalue weighted by Gasteiger charge is 2.21. The number of hydrogen-bond acceptors (Lipinski definition) is 6. The van der Waals surface area contributed by atoms with E-state index in [2.05, 4.69) is 5.32 Å². The molecule has 1 aromatic heterocycles. The molecule has 3 aromatic rings. The first-order valence-electron chi connectivity index (χ1n) is 10.0. The van der Waals surface area contributed by atoms with Crippen molar-refractivity contribution in [3.63, 3.8) is 0 Å². The van der Waals surface area contributed by atoms with E-state index in [1.807, 2.05) is 6.92 Å². The highest BCUT2D eigenvalue weighted by Crippen LogP contribution is 2.34. The fourth-order valence-electron chi connectivity index (χ4n) is 3.23. The second-order valence-corrected chi connectivity index (χ2v) is 7.10. The Hall–Kier alpha value is -4.14. The van der Waals surface area contributed by atoms with Gasteiger partial charge in [-0.1, -0.05) is 25.5 Å². The number of amidine groups is 1. The van der Waals surface area contributed by atoms with Crippen LogP contribution in [-0.4, -0.2) is 39.7 Å². The van der Waals surface area contributed by atoms with Crippen LogP contribution < -0.4 is 20.5 Å². The number of aromatic hydroxyl groups is 2. The summed E-state index contributed by atoms with van der Waals surface area (Å²) in [7, 11) is 1.45. The number of carbonyl (C=O) groups excluding carboxylic acids is 1. The average molecular weight is 438 g/mol. The molecule has 1 amide bonds.